The summed E-state index contributed by atoms with van der Waals surface area (Å²) in [6.45, 7) is 2.89. The van der Waals surface area contributed by atoms with E-state index < -0.39 is 73.1 Å². The number of nitrogens with one attached hydrogen (secondary N) is 3. The van der Waals surface area contributed by atoms with E-state index in [1.54, 1.807) is 13.8 Å². The zero-order valence-corrected chi connectivity index (χ0v) is 16.1. The number of primary amides is 1. The lowest BCUT2D eigenvalue weighted by atomic mass is 10.1. The SMILES string of the molecule is CC(C)C(N)C(=O)NCC(=O)NC(CCC(=O)O)C(=O)NC(CC(N)=O)C(=O)O. The van der Waals surface area contributed by atoms with Crippen molar-refractivity contribution in [1.29, 1.82) is 0 Å². The van der Waals surface area contributed by atoms with Crippen molar-refractivity contribution in [3.8, 4) is 0 Å². The molecule has 0 aromatic carbocycles. The fourth-order valence-electron chi connectivity index (χ4n) is 2.04. The Bertz CT molecular complexity index is 651. The quantitative estimate of drug-likeness (QED) is 0.160. The summed E-state index contributed by atoms with van der Waals surface area (Å²) < 4.78 is 0. The second-order valence-electron chi connectivity index (χ2n) is 6.61. The van der Waals surface area contributed by atoms with Gasteiger partial charge >= 0.3 is 11.9 Å². The van der Waals surface area contributed by atoms with Crippen LogP contribution in [0.3, 0.4) is 0 Å². The minimum atomic E-state index is -1.65. The normalized spacial score (nSPS) is 13.7. The number of amides is 4. The standard InChI is InChI=1S/C16H27N5O8/c1-7(2)13(18)15(27)19-6-11(23)20-8(3-4-12(24)25)14(26)21-9(16(28)29)5-10(17)22/h7-9,13H,3-6,18H2,1-2H3,(H2,17,22)(H,19,27)(H,20,23)(H,21,26)(H,24,25)(H,28,29). The first-order chi connectivity index (χ1) is 13.3. The van der Waals surface area contributed by atoms with Crippen molar-refractivity contribution in [2.24, 2.45) is 17.4 Å². The van der Waals surface area contributed by atoms with Crippen LogP contribution in [-0.4, -0.2) is 70.5 Å². The molecule has 0 fully saturated rings. The summed E-state index contributed by atoms with van der Waals surface area (Å²) in [6.07, 6.45) is -1.55. The fourth-order valence-corrected chi connectivity index (χ4v) is 2.04. The van der Waals surface area contributed by atoms with Gasteiger partial charge in [0.1, 0.15) is 12.1 Å². The molecule has 29 heavy (non-hydrogen) atoms. The summed E-state index contributed by atoms with van der Waals surface area (Å²) >= 11 is 0. The van der Waals surface area contributed by atoms with Crippen LogP contribution in [0.4, 0.5) is 0 Å². The molecule has 0 rings (SSSR count). The lowest BCUT2D eigenvalue weighted by molar-refractivity contribution is -0.144. The van der Waals surface area contributed by atoms with Crippen LogP contribution in [0.5, 0.6) is 0 Å². The number of carboxylic acids is 2. The third kappa shape index (κ3) is 10.6. The van der Waals surface area contributed by atoms with Crippen molar-refractivity contribution in [3.63, 3.8) is 0 Å². The second-order valence-corrected chi connectivity index (χ2v) is 6.61. The van der Waals surface area contributed by atoms with Crippen LogP contribution in [0, 0.1) is 5.92 Å². The van der Waals surface area contributed by atoms with Crippen LogP contribution in [0.25, 0.3) is 0 Å². The third-order valence-corrected chi connectivity index (χ3v) is 3.76. The molecule has 4 amide bonds. The van der Waals surface area contributed by atoms with E-state index in [2.05, 4.69) is 10.6 Å². The van der Waals surface area contributed by atoms with Crippen LogP contribution >= 0.6 is 0 Å². The van der Waals surface area contributed by atoms with E-state index in [-0.39, 0.29) is 12.3 Å². The van der Waals surface area contributed by atoms with Crippen molar-refractivity contribution in [3.05, 3.63) is 0 Å². The van der Waals surface area contributed by atoms with Gasteiger partial charge in [0.25, 0.3) is 0 Å². The Hall–Kier alpha value is -3.22. The number of hydrogen-bond donors (Lipinski definition) is 7. The van der Waals surface area contributed by atoms with Gasteiger partial charge in [-0.05, 0) is 12.3 Å². The first-order valence-corrected chi connectivity index (χ1v) is 8.71. The lowest BCUT2D eigenvalue weighted by Gasteiger charge is -2.21. The van der Waals surface area contributed by atoms with Crippen LogP contribution in [0.15, 0.2) is 0 Å². The smallest absolute Gasteiger partial charge is 0.326 e. The van der Waals surface area contributed by atoms with E-state index in [0.717, 1.165) is 0 Å². The van der Waals surface area contributed by atoms with Gasteiger partial charge in [-0.3, -0.25) is 24.0 Å². The zero-order chi connectivity index (χ0) is 22.7. The first kappa shape index (κ1) is 25.8. The monoisotopic (exact) mass is 417 g/mol. The Morgan fingerprint density at radius 2 is 1.52 bits per heavy atom. The minimum absolute atomic E-state index is 0.176. The maximum absolute atomic E-state index is 12.3. The Morgan fingerprint density at radius 3 is 1.97 bits per heavy atom. The molecule has 0 aromatic rings. The molecule has 3 unspecified atom stereocenters. The number of hydrogen-bond acceptors (Lipinski definition) is 7. The first-order valence-electron chi connectivity index (χ1n) is 8.71. The van der Waals surface area contributed by atoms with Gasteiger partial charge in [-0.2, -0.15) is 0 Å². The van der Waals surface area contributed by atoms with Crippen molar-refractivity contribution >= 4 is 35.6 Å². The molecule has 164 valence electrons. The highest BCUT2D eigenvalue weighted by Gasteiger charge is 2.28. The third-order valence-electron chi connectivity index (χ3n) is 3.76. The van der Waals surface area contributed by atoms with E-state index in [1.807, 2.05) is 5.32 Å². The van der Waals surface area contributed by atoms with Gasteiger partial charge in [0, 0.05) is 6.42 Å². The highest BCUT2D eigenvalue weighted by Crippen LogP contribution is 2.01. The molecular formula is C16H27N5O8. The van der Waals surface area contributed by atoms with E-state index in [0.29, 0.717) is 0 Å². The van der Waals surface area contributed by atoms with Crippen molar-refractivity contribution < 1.29 is 39.0 Å². The Kier molecular flexibility index (Phi) is 10.9. The predicted molar refractivity (Wildman–Crippen MR) is 98.0 cm³/mol. The van der Waals surface area contributed by atoms with Gasteiger partial charge in [-0.15, -0.1) is 0 Å². The zero-order valence-electron chi connectivity index (χ0n) is 16.1. The molecule has 0 aliphatic heterocycles. The largest absolute Gasteiger partial charge is 0.481 e. The molecule has 0 aliphatic carbocycles. The Morgan fingerprint density at radius 1 is 0.931 bits per heavy atom. The molecular weight excluding hydrogens is 390 g/mol. The summed E-state index contributed by atoms with van der Waals surface area (Å²) in [5.74, 6) is -6.36. The van der Waals surface area contributed by atoms with Crippen molar-refractivity contribution in [1.82, 2.24) is 16.0 Å². The summed E-state index contributed by atoms with van der Waals surface area (Å²) in [5.41, 5.74) is 10.6. The van der Waals surface area contributed by atoms with E-state index in [9.17, 15) is 28.8 Å². The molecule has 3 atom stereocenters. The Balaban J connectivity index is 5.02. The van der Waals surface area contributed by atoms with Gasteiger partial charge in [0.15, 0.2) is 0 Å². The Labute approximate surface area is 166 Å². The molecule has 0 aromatic heterocycles. The number of rotatable bonds is 13. The maximum Gasteiger partial charge on any atom is 0.326 e. The molecule has 0 spiro atoms. The second kappa shape index (κ2) is 12.3. The van der Waals surface area contributed by atoms with Crippen LogP contribution in [0.2, 0.25) is 0 Å². The van der Waals surface area contributed by atoms with E-state index >= 15 is 0 Å². The maximum atomic E-state index is 12.3. The predicted octanol–water partition coefficient (Wildman–Crippen LogP) is -3.12. The van der Waals surface area contributed by atoms with Crippen LogP contribution < -0.4 is 27.4 Å². The highest BCUT2D eigenvalue weighted by molar-refractivity contribution is 5.93. The van der Waals surface area contributed by atoms with Crippen molar-refractivity contribution in [2.45, 2.75) is 51.2 Å². The number of aliphatic carboxylic acids is 2. The molecule has 9 N–H and O–H groups in total. The molecule has 0 bridgehead atoms. The summed E-state index contributed by atoms with van der Waals surface area (Å²) in [6, 6.07) is -3.91. The lowest BCUT2D eigenvalue weighted by Crippen LogP contribution is -2.54. The van der Waals surface area contributed by atoms with Gasteiger partial charge in [-0.1, -0.05) is 13.8 Å². The number of carbonyl (C=O) groups excluding carboxylic acids is 4. The summed E-state index contributed by atoms with van der Waals surface area (Å²) in [5, 5.41) is 24.3. The summed E-state index contributed by atoms with van der Waals surface area (Å²) in [4.78, 5) is 68.9. The average Bonchev–Trinajstić information content (AvgIpc) is 2.60. The molecule has 0 aliphatic rings. The van der Waals surface area contributed by atoms with Gasteiger partial charge < -0.3 is 37.6 Å². The number of nitrogens with two attached hydrogens (primary N) is 2. The molecule has 13 heteroatoms. The highest BCUT2D eigenvalue weighted by atomic mass is 16.4. The average molecular weight is 417 g/mol. The molecule has 0 saturated heterocycles. The van der Waals surface area contributed by atoms with Crippen LogP contribution in [0.1, 0.15) is 33.1 Å². The van der Waals surface area contributed by atoms with Gasteiger partial charge in [-0.25, -0.2) is 4.79 Å². The molecule has 13 nitrogen and oxygen atoms in total. The molecule has 0 heterocycles. The fraction of sp³-hybridized carbons (Fsp3) is 0.625. The summed E-state index contributed by atoms with van der Waals surface area (Å²) in [7, 11) is 0. The van der Waals surface area contributed by atoms with Gasteiger partial charge in [0.05, 0.1) is 19.0 Å². The van der Waals surface area contributed by atoms with Crippen LogP contribution in [-0.2, 0) is 28.8 Å². The van der Waals surface area contributed by atoms with E-state index in [4.69, 9.17) is 21.7 Å². The number of carboxylic acid groups (broad SMARTS) is 2. The minimum Gasteiger partial charge on any atom is -0.481 e. The molecule has 0 radical (unpaired) electrons. The van der Waals surface area contributed by atoms with Crippen molar-refractivity contribution in [2.75, 3.05) is 6.54 Å². The topological polar surface area (TPSA) is 231 Å². The number of carbonyl (C=O) groups is 6. The molecule has 0 saturated carbocycles. The van der Waals surface area contributed by atoms with Gasteiger partial charge in [0.2, 0.25) is 23.6 Å². The van der Waals surface area contributed by atoms with E-state index in [1.165, 1.54) is 0 Å².